The number of fused-ring (bicyclic) bond motifs is 2. The summed E-state index contributed by atoms with van der Waals surface area (Å²) in [6.45, 7) is 2.06. The first-order valence-corrected chi connectivity index (χ1v) is 8.10. The van der Waals surface area contributed by atoms with Crippen LogP contribution >= 0.6 is 0 Å². The summed E-state index contributed by atoms with van der Waals surface area (Å²) in [7, 11) is 0. The Morgan fingerprint density at radius 3 is 2.88 bits per heavy atom. The lowest BCUT2D eigenvalue weighted by Crippen LogP contribution is -2.09. The van der Waals surface area contributed by atoms with Crippen LogP contribution in [0, 0.1) is 6.92 Å². The molecule has 1 aromatic carbocycles. The predicted octanol–water partition coefficient (Wildman–Crippen LogP) is 3.55. The minimum atomic E-state index is 0.115. The van der Waals surface area contributed by atoms with E-state index in [0.717, 1.165) is 24.0 Å². The molecule has 0 saturated carbocycles. The van der Waals surface area contributed by atoms with Crippen LogP contribution in [0.3, 0.4) is 0 Å². The van der Waals surface area contributed by atoms with Gasteiger partial charge >= 0.3 is 0 Å². The lowest BCUT2D eigenvalue weighted by atomic mass is 9.94. The van der Waals surface area contributed by atoms with Crippen molar-refractivity contribution in [1.82, 2.24) is 10.1 Å². The molecule has 3 heterocycles. The summed E-state index contributed by atoms with van der Waals surface area (Å²) in [6.07, 6.45) is 2.12. The maximum absolute atomic E-state index is 12.1. The van der Waals surface area contributed by atoms with Gasteiger partial charge in [-0.1, -0.05) is 5.16 Å². The van der Waals surface area contributed by atoms with Gasteiger partial charge in [-0.2, -0.15) is 4.98 Å². The summed E-state index contributed by atoms with van der Waals surface area (Å²) in [5.41, 5.74) is 2.19. The van der Waals surface area contributed by atoms with Crippen molar-refractivity contribution in [3.63, 3.8) is 0 Å². The number of hydrogen-bond donors (Lipinski definition) is 0. The third kappa shape index (κ3) is 2.15. The number of Topliss-reactive ketones (excluding diaryl/α,β-unsaturated/α-hetero) is 1. The van der Waals surface area contributed by atoms with Crippen molar-refractivity contribution in [3.8, 4) is 34.5 Å². The molecule has 0 fully saturated rings. The predicted molar refractivity (Wildman–Crippen MR) is 85.6 cm³/mol. The Hall–Kier alpha value is -3.09. The SMILES string of the molecule is Cc1c(-c2nc(-c3ccc4c(c3)OCO4)no2)oc2c1C(=O)CCC2. The van der Waals surface area contributed by atoms with Gasteiger partial charge in [-0.05, 0) is 31.5 Å². The van der Waals surface area contributed by atoms with Gasteiger partial charge in [-0.15, -0.1) is 0 Å². The van der Waals surface area contributed by atoms with E-state index in [9.17, 15) is 4.79 Å². The third-order valence-corrected chi connectivity index (χ3v) is 4.56. The number of ketones is 1. The summed E-state index contributed by atoms with van der Waals surface area (Å²) in [5.74, 6) is 3.34. The maximum Gasteiger partial charge on any atom is 0.294 e. The molecule has 25 heavy (non-hydrogen) atoms. The van der Waals surface area contributed by atoms with Gasteiger partial charge in [-0.25, -0.2) is 0 Å². The van der Waals surface area contributed by atoms with Crippen LogP contribution in [0.15, 0.2) is 27.1 Å². The second-order valence-corrected chi connectivity index (χ2v) is 6.12. The zero-order chi connectivity index (χ0) is 17.0. The zero-order valence-corrected chi connectivity index (χ0v) is 13.5. The van der Waals surface area contributed by atoms with E-state index in [-0.39, 0.29) is 18.5 Å². The molecular formula is C18H14N2O5. The van der Waals surface area contributed by atoms with Gasteiger partial charge in [-0.3, -0.25) is 4.79 Å². The van der Waals surface area contributed by atoms with Crippen LogP contribution in [0.1, 0.15) is 34.5 Å². The number of aromatic nitrogens is 2. The standard InChI is InChI=1S/C18H14N2O5/c1-9-15-11(21)3-2-4-13(15)24-16(9)18-19-17(20-25-18)10-5-6-12-14(7-10)23-8-22-12/h5-7H,2-4,8H2,1H3. The molecule has 7 nitrogen and oxygen atoms in total. The monoisotopic (exact) mass is 338 g/mol. The summed E-state index contributed by atoms with van der Waals surface area (Å²) in [6, 6.07) is 5.45. The Balaban J connectivity index is 1.54. The zero-order valence-electron chi connectivity index (χ0n) is 13.5. The second-order valence-electron chi connectivity index (χ2n) is 6.12. The van der Waals surface area contributed by atoms with Gasteiger partial charge in [0.2, 0.25) is 12.6 Å². The molecule has 1 aliphatic heterocycles. The number of ether oxygens (including phenoxy) is 2. The highest BCUT2D eigenvalue weighted by Crippen LogP contribution is 2.37. The number of furan rings is 1. The van der Waals surface area contributed by atoms with Crippen molar-refractivity contribution < 1.29 is 23.2 Å². The molecule has 0 radical (unpaired) electrons. The highest BCUT2D eigenvalue weighted by atomic mass is 16.7. The Labute approximate surface area is 142 Å². The van der Waals surface area contributed by atoms with Gasteiger partial charge in [0, 0.05) is 24.0 Å². The van der Waals surface area contributed by atoms with Crippen LogP contribution in [-0.4, -0.2) is 22.7 Å². The molecule has 1 aliphatic carbocycles. The Bertz CT molecular complexity index is 1000. The fraction of sp³-hybridized carbons (Fsp3) is 0.278. The van der Waals surface area contributed by atoms with E-state index in [1.165, 1.54) is 0 Å². The topological polar surface area (TPSA) is 87.6 Å². The lowest BCUT2D eigenvalue weighted by Gasteiger charge is -2.07. The number of nitrogens with zero attached hydrogens (tertiary/aromatic N) is 2. The molecule has 2 aliphatic rings. The van der Waals surface area contributed by atoms with E-state index in [2.05, 4.69) is 10.1 Å². The highest BCUT2D eigenvalue weighted by Gasteiger charge is 2.29. The maximum atomic E-state index is 12.1. The molecule has 0 spiro atoms. The Kier molecular flexibility index (Phi) is 2.97. The normalized spacial score (nSPS) is 15.5. The Morgan fingerprint density at radius 1 is 1.12 bits per heavy atom. The van der Waals surface area contributed by atoms with Gasteiger partial charge in [0.25, 0.3) is 5.89 Å². The quantitative estimate of drug-likeness (QED) is 0.706. The summed E-state index contributed by atoms with van der Waals surface area (Å²) < 4.78 is 21.9. The number of benzene rings is 1. The molecule has 126 valence electrons. The Morgan fingerprint density at radius 2 is 2.00 bits per heavy atom. The third-order valence-electron chi connectivity index (χ3n) is 4.56. The summed E-state index contributed by atoms with van der Waals surface area (Å²) >= 11 is 0. The first-order valence-electron chi connectivity index (χ1n) is 8.10. The van der Waals surface area contributed by atoms with Crippen LogP contribution in [0.4, 0.5) is 0 Å². The van der Waals surface area contributed by atoms with E-state index in [1.807, 2.05) is 19.1 Å². The van der Waals surface area contributed by atoms with E-state index in [1.54, 1.807) is 6.07 Å². The minimum absolute atomic E-state index is 0.115. The molecule has 0 amide bonds. The number of carbonyl (C=O) groups excluding carboxylic acids is 1. The van der Waals surface area contributed by atoms with Crippen LogP contribution in [0.5, 0.6) is 11.5 Å². The average Bonchev–Trinajstić information content (AvgIpc) is 3.32. The van der Waals surface area contributed by atoms with E-state index in [0.29, 0.717) is 40.8 Å². The molecule has 0 N–H and O–H groups in total. The van der Waals surface area contributed by atoms with Gasteiger partial charge in [0.15, 0.2) is 23.0 Å². The van der Waals surface area contributed by atoms with Crippen LogP contribution in [0.25, 0.3) is 23.0 Å². The first-order chi connectivity index (χ1) is 12.2. The largest absolute Gasteiger partial charge is 0.455 e. The molecule has 0 bridgehead atoms. The molecule has 3 aromatic rings. The fourth-order valence-electron chi connectivity index (χ4n) is 3.32. The fourth-order valence-corrected chi connectivity index (χ4v) is 3.32. The van der Waals surface area contributed by atoms with E-state index >= 15 is 0 Å². The van der Waals surface area contributed by atoms with Gasteiger partial charge in [0.1, 0.15) is 5.76 Å². The van der Waals surface area contributed by atoms with Crippen LogP contribution in [-0.2, 0) is 6.42 Å². The van der Waals surface area contributed by atoms with Crippen molar-refractivity contribution in [2.45, 2.75) is 26.2 Å². The average molecular weight is 338 g/mol. The number of rotatable bonds is 2. The summed E-state index contributed by atoms with van der Waals surface area (Å²) in [5, 5.41) is 4.03. The minimum Gasteiger partial charge on any atom is -0.455 e. The van der Waals surface area contributed by atoms with Crippen molar-refractivity contribution in [2.75, 3.05) is 6.79 Å². The second kappa shape index (κ2) is 5.20. The van der Waals surface area contributed by atoms with Crippen LogP contribution in [0.2, 0.25) is 0 Å². The molecule has 0 atom stereocenters. The molecule has 2 aromatic heterocycles. The molecule has 7 heteroatoms. The van der Waals surface area contributed by atoms with Crippen molar-refractivity contribution in [1.29, 1.82) is 0 Å². The number of aryl methyl sites for hydroxylation is 1. The smallest absolute Gasteiger partial charge is 0.294 e. The lowest BCUT2D eigenvalue weighted by molar-refractivity contribution is 0.0969. The number of carbonyl (C=O) groups is 1. The van der Waals surface area contributed by atoms with Crippen molar-refractivity contribution in [3.05, 3.63) is 35.1 Å². The van der Waals surface area contributed by atoms with Gasteiger partial charge < -0.3 is 18.4 Å². The van der Waals surface area contributed by atoms with Gasteiger partial charge in [0.05, 0.1) is 5.56 Å². The van der Waals surface area contributed by atoms with Crippen molar-refractivity contribution in [2.24, 2.45) is 0 Å². The summed E-state index contributed by atoms with van der Waals surface area (Å²) in [4.78, 5) is 16.6. The number of hydrogen-bond acceptors (Lipinski definition) is 7. The van der Waals surface area contributed by atoms with Crippen molar-refractivity contribution >= 4 is 5.78 Å². The van der Waals surface area contributed by atoms with E-state index in [4.69, 9.17) is 18.4 Å². The molecule has 5 rings (SSSR count). The van der Waals surface area contributed by atoms with Crippen LogP contribution < -0.4 is 9.47 Å². The first kappa shape index (κ1) is 14.3. The molecule has 0 unspecified atom stereocenters. The molecular weight excluding hydrogens is 324 g/mol. The molecule has 0 saturated heterocycles. The highest BCUT2D eigenvalue weighted by molar-refractivity contribution is 6.00. The van der Waals surface area contributed by atoms with E-state index < -0.39 is 0 Å².